The largest absolute Gasteiger partial charge is 0.393 e. The third kappa shape index (κ3) is 3.93. The summed E-state index contributed by atoms with van der Waals surface area (Å²) in [7, 11) is 0. The number of nitro groups is 1. The molecule has 0 aliphatic heterocycles. The molecular weight excluding hydrogens is 268 g/mol. The van der Waals surface area contributed by atoms with E-state index in [1.807, 2.05) is 0 Å². The molecule has 0 unspecified atom stereocenters. The summed E-state index contributed by atoms with van der Waals surface area (Å²) in [4.78, 5) is 22.4. The lowest BCUT2D eigenvalue weighted by Gasteiger charge is -2.31. The first-order valence-electron chi connectivity index (χ1n) is 5.89. The molecule has 1 aromatic rings. The van der Waals surface area contributed by atoms with Gasteiger partial charge in [0.15, 0.2) is 0 Å². The fourth-order valence-electron chi connectivity index (χ4n) is 1.79. The first-order valence-corrected chi connectivity index (χ1v) is 6.88. The van der Waals surface area contributed by atoms with E-state index in [0.29, 0.717) is 12.8 Å². The van der Waals surface area contributed by atoms with Gasteiger partial charge in [-0.15, -0.1) is 11.8 Å². The second-order valence-electron chi connectivity index (χ2n) is 4.43. The summed E-state index contributed by atoms with van der Waals surface area (Å²) in [6, 6.07) is 6.18. The molecule has 1 fully saturated rings. The van der Waals surface area contributed by atoms with Crippen LogP contribution in [0.5, 0.6) is 0 Å². The zero-order valence-electron chi connectivity index (χ0n) is 10.1. The Labute approximate surface area is 114 Å². The minimum atomic E-state index is -0.455. The van der Waals surface area contributed by atoms with Crippen molar-refractivity contribution >= 4 is 23.4 Å². The number of carbonyl (C=O) groups is 1. The molecule has 2 rings (SSSR count). The van der Waals surface area contributed by atoms with Crippen LogP contribution in [-0.4, -0.2) is 33.8 Å². The van der Waals surface area contributed by atoms with Crippen molar-refractivity contribution in [2.24, 2.45) is 0 Å². The molecule has 1 aliphatic carbocycles. The number of carbonyl (C=O) groups excluding carboxylic acids is 1. The van der Waals surface area contributed by atoms with Crippen LogP contribution in [0.1, 0.15) is 12.8 Å². The lowest BCUT2D eigenvalue weighted by molar-refractivity contribution is -0.384. The van der Waals surface area contributed by atoms with Crippen LogP contribution >= 0.6 is 11.8 Å². The van der Waals surface area contributed by atoms with E-state index >= 15 is 0 Å². The summed E-state index contributed by atoms with van der Waals surface area (Å²) in [6.07, 6.45) is 0.953. The Balaban J connectivity index is 1.75. The Bertz CT molecular complexity index is 471. The molecule has 0 radical (unpaired) electrons. The smallest absolute Gasteiger partial charge is 0.269 e. The van der Waals surface area contributed by atoms with Gasteiger partial charge in [0.1, 0.15) is 0 Å². The number of hydrogen-bond acceptors (Lipinski definition) is 5. The van der Waals surface area contributed by atoms with Crippen LogP contribution < -0.4 is 5.32 Å². The van der Waals surface area contributed by atoms with Crippen molar-refractivity contribution in [3.05, 3.63) is 34.4 Å². The van der Waals surface area contributed by atoms with Crippen molar-refractivity contribution in [3.8, 4) is 0 Å². The first kappa shape index (κ1) is 13.8. The predicted molar refractivity (Wildman–Crippen MR) is 71.0 cm³/mol. The van der Waals surface area contributed by atoms with Gasteiger partial charge in [-0.2, -0.15) is 0 Å². The molecular formula is C12H14N2O4S. The van der Waals surface area contributed by atoms with Gasteiger partial charge in [0.25, 0.3) is 5.69 Å². The lowest BCUT2D eigenvalue weighted by atomic mass is 9.89. The van der Waals surface area contributed by atoms with Gasteiger partial charge in [0.05, 0.1) is 16.8 Å². The van der Waals surface area contributed by atoms with Crippen LogP contribution in [0.4, 0.5) is 5.69 Å². The number of hydrogen-bond donors (Lipinski definition) is 2. The van der Waals surface area contributed by atoms with Gasteiger partial charge in [0.2, 0.25) is 5.91 Å². The Morgan fingerprint density at radius 2 is 2.05 bits per heavy atom. The Morgan fingerprint density at radius 1 is 1.42 bits per heavy atom. The fraction of sp³-hybridized carbons (Fsp3) is 0.417. The molecule has 0 atom stereocenters. The number of nitrogens with one attached hydrogen (secondary N) is 1. The van der Waals surface area contributed by atoms with Gasteiger partial charge in [-0.25, -0.2) is 0 Å². The molecule has 1 aromatic carbocycles. The number of thioether (sulfide) groups is 1. The lowest BCUT2D eigenvalue weighted by Crippen LogP contribution is -2.47. The minimum Gasteiger partial charge on any atom is -0.393 e. The highest BCUT2D eigenvalue weighted by atomic mass is 32.2. The SMILES string of the molecule is O=C(CSc1ccc([N+](=O)[O-])cc1)NC1CC(O)C1. The van der Waals surface area contributed by atoms with E-state index in [9.17, 15) is 14.9 Å². The number of nitrogens with zero attached hydrogens (tertiary/aromatic N) is 1. The van der Waals surface area contributed by atoms with E-state index < -0.39 is 4.92 Å². The van der Waals surface area contributed by atoms with Crippen LogP contribution in [0.2, 0.25) is 0 Å². The highest BCUT2D eigenvalue weighted by Gasteiger charge is 2.28. The maximum atomic E-state index is 11.6. The van der Waals surface area contributed by atoms with Gasteiger partial charge in [-0.05, 0) is 25.0 Å². The second kappa shape index (κ2) is 6.03. The standard InChI is InChI=1S/C12H14N2O4S/c15-10-5-8(6-10)13-12(16)7-19-11-3-1-9(2-4-11)14(17)18/h1-4,8,10,15H,5-7H2,(H,13,16). The maximum absolute atomic E-state index is 11.6. The van der Waals surface area contributed by atoms with Crippen LogP contribution in [0.25, 0.3) is 0 Å². The van der Waals surface area contributed by atoms with Gasteiger partial charge in [-0.3, -0.25) is 14.9 Å². The molecule has 1 saturated carbocycles. The monoisotopic (exact) mass is 282 g/mol. The Morgan fingerprint density at radius 3 is 2.58 bits per heavy atom. The first-order chi connectivity index (χ1) is 9.04. The van der Waals surface area contributed by atoms with Crippen LogP contribution in [0.15, 0.2) is 29.2 Å². The average Bonchev–Trinajstić information content (AvgIpc) is 2.35. The highest BCUT2D eigenvalue weighted by molar-refractivity contribution is 8.00. The van der Waals surface area contributed by atoms with E-state index in [4.69, 9.17) is 5.11 Å². The molecule has 0 aromatic heterocycles. The van der Waals surface area contributed by atoms with E-state index in [2.05, 4.69) is 5.32 Å². The quantitative estimate of drug-likeness (QED) is 0.483. The van der Waals surface area contributed by atoms with Crippen molar-refractivity contribution < 1.29 is 14.8 Å². The van der Waals surface area contributed by atoms with Crippen molar-refractivity contribution in [1.82, 2.24) is 5.32 Å². The minimum absolute atomic E-state index is 0.0391. The summed E-state index contributed by atoms with van der Waals surface area (Å²) in [5.74, 6) is 0.185. The van der Waals surface area contributed by atoms with Gasteiger partial charge >= 0.3 is 0 Å². The molecule has 0 spiro atoms. The number of aliphatic hydroxyl groups is 1. The molecule has 102 valence electrons. The summed E-state index contributed by atoms with van der Waals surface area (Å²) >= 11 is 1.33. The molecule has 6 nitrogen and oxygen atoms in total. The fourth-order valence-corrected chi connectivity index (χ4v) is 2.50. The van der Waals surface area contributed by atoms with Gasteiger partial charge in [-0.1, -0.05) is 0 Å². The maximum Gasteiger partial charge on any atom is 0.269 e. The van der Waals surface area contributed by atoms with E-state index in [1.54, 1.807) is 12.1 Å². The van der Waals surface area contributed by atoms with E-state index in [1.165, 1.54) is 23.9 Å². The Hall–Kier alpha value is -1.60. The number of nitro benzene ring substituents is 1. The molecule has 1 aliphatic rings. The third-order valence-corrected chi connectivity index (χ3v) is 3.91. The zero-order valence-corrected chi connectivity index (χ0v) is 10.9. The van der Waals surface area contributed by atoms with Crippen molar-refractivity contribution in [3.63, 3.8) is 0 Å². The van der Waals surface area contributed by atoms with Gasteiger partial charge in [0, 0.05) is 23.1 Å². The number of rotatable bonds is 5. The molecule has 1 amide bonds. The van der Waals surface area contributed by atoms with Crippen LogP contribution in [0, 0.1) is 10.1 Å². The normalized spacial score (nSPS) is 21.5. The number of aliphatic hydroxyl groups excluding tert-OH is 1. The van der Waals surface area contributed by atoms with Crippen LogP contribution in [0.3, 0.4) is 0 Å². The second-order valence-corrected chi connectivity index (χ2v) is 5.48. The van der Waals surface area contributed by atoms with Gasteiger partial charge < -0.3 is 10.4 Å². The zero-order chi connectivity index (χ0) is 13.8. The highest BCUT2D eigenvalue weighted by Crippen LogP contribution is 2.22. The third-order valence-electron chi connectivity index (χ3n) is 2.90. The summed E-state index contributed by atoms with van der Waals surface area (Å²) in [5.41, 5.74) is 0.0391. The molecule has 19 heavy (non-hydrogen) atoms. The number of non-ortho nitro benzene ring substituents is 1. The summed E-state index contributed by atoms with van der Waals surface area (Å²) in [5, 5.41) is 22.4. The molecule has 0 heterocycles. The molecule has 7 heteroatoms. The molecule has 2 N–H and O–H groups in total. The van der Waals surface area contributed by atoms with Crippen molar-refractivity contribution in [2.45, 2.75) is 29.9 Å². The predicted octanol–water partition coefficient (Wildman–Crippen LogP) is 1.33. The molecule has 0 bridgehead atoms. The number of amides is 1. The Kier molecular flexibility index (Phi) is 4.39. The average molecular weight is 282 g/mol. The summed E-state index contributed by atoms with van der Waals surface area (Å²) < 4.78 is 0. The van der Waals surface area contributed by atoms with E-state index in [0.717, 1.165) is 4.90 Å². The van der Waals surface area contributed by atoms with Crippen LogP contribution in [-0.2, 0) is 4.79 Å². The van der Waals surface area contributed by atoms with Crippen molar-refractivity contribution in [1.29, 1.82) is 0 Å². The van der Waals surface area contributed by atoms with Crippen molar-refractivity contribution in [2.75, 3.05) is 5.75 Å². The summed E-state index contributed by atoms with van der Waals surface area (Å²) in [6.45, 7) is 0. The number of benzene rings is 1. The topological polar surface area (TPSA) is 92.5 Å². The molecule has 0 saturated heterocycles. The van der Waals surface area contributed by atoms with E-state index in [-0.39, 0.29) is 29.5 Å².